The van der Waals surface area contributed by atoms with Crippen LogP contribution >= 0.6 is 11.3 Å². The number of rotatable bonds is 10. The Morgan fingerprint density at radius 2 is 1.83 bits per heavy atom. The third-order valence-electron chi connectivity index (χ3n) is 9.61. The molecule has 14 heteroatoms. The summed E-state index contributed by atoms with van der Waals surface area (Å²) in [6, 6.07) is 8.62. The summed E-state index contributed by atoms with van der Waals surface area (Å²) < 4.78 is 11.8. The van der Waals surface area contributed by atoms with Gasteiger partial charge in [0.1, 0.15) is 18.2 Å². The fraction of sp³-hybridized carbons (Fsp3) is 0.559. The first-order chi connectivity index (χ1) is 23.0. The Morgan fingerprint density at radius 1 is 1.08 bits per heavy atom. The van der Waals surface area contributed by atoms with E-state index in [9.17, 15) is 24.6 Å². The molecule has 2 aromatic heterocycles. The van der Waals surface area contributed by atoms with Crippen LogP contribution in [0.1, 0.15) is 75.4 Å². The number of hydrogen-bond acceptors (Lipinski definition) is 10. The number of amides is 3. The largest absolute Gasteiger partial charge is 0.465 e. The minimum Gasteiger partial charge on any atom is -0.465 e. The van der Waals surface area contributed by atoms with Crippen LogP contribution in [-0.4, -0.2) is 98.7 Å². The number of β-amino-alcohol motifs (C(OH)–C–C–N with tert-alkyl or cyclic N) is 1. The number of ether oxygens (including phenoxy) is 1. The molecule has 3 amide bonds. The molecule has 0 bridgehead atoms. The second kappa shape index (κ2) is 14.2. The van der Waals surface area contributed by atoms with Gasteiger partial charge in [0.15, 0.2) is 11.6 Å². The average molecular weight is 681 g/mol. The van der Waals surface area contributed by atoms with Crippen molar-refractivity contribution in [2.75, 3.05) is 31.1 Å². The maximum atomic E-state index is 14.1. The molecule has 0 aliphatic carbocycles. The van der Waals surface area contributed by atoms with Crippen LogP contribution in [-0.2, 0) is 14.3 Å². The average Bonchev–Trinajstić information content (AvgIpc) is 3.79. The van der Waals surface area contributed by atoms with E-state index in [0.717, 1.165) is 34.5 Å². The fourth-order valence-electron chi connectivity index (χ4n) is 6.88. The Labute approximate surface area is 283 Å². The van der Waals surface area contributed by atoms with E-state index < -0.39 is 30.4 Å². The molecule has 0 spiro atoms. The van der Waals surface area contributed by atoms with Crippen molar-refractivity contribution in [3.63, 3.8) is 0 Å². The minimum atomic E-state index is -0.964. The molecule has 3 aliphatic rings. The zero-order valence-electron chi connectivity index (χ0n) is 27.7. The molecule has 3 aliphatic heterocycles. The lowest BCUT2D eigenvalue weighted by atomic mass is 9.91. The SMILES string of the molecule is Cc1ncsc1-c1ccc([C@H](C)NC(=O)[C@@H]2C[C@@H](O)CN2C(=O)C(c2cc(N3CC(OC4CCCCN4C(=O)O)C3)no2)C(C)C)cc1. The number of aliphatic hydroxyl groups excluding tert-OH is 1. The van der Waals surface area contributed by atoms with Crippen LogP contribution in [0.5, 0.6) is 0 Å². The molecule has 5 atom stereocenters. The van der Waals surface area contributed by atoms with Crippen molar-refractivity contribution >= 4 is 35.1 Å². The second-order valence-electron chi connectivity index (χ2n) is 13.4. The number of carbonyl (C=O) groups excluding carboxylic acids is 2. The van der Waals surface area contributed by atoms with Gasteiger partial charge in [0.2, 0.25) is 11.8 Å². The second-order valence-corrected chi connectivity index (χ2v) is 14.3. The number of carboxylic acid groups (broad SMARTS) is 1. The lowest BCUT2D eigenvalue weighted by Gasteiger charge is -2.43. The van der Waals surface area contributed by atoms with Gasteiger partial charge in [-0.2, -0.15) is 0 Å². The number of nitrogens with one attached hydrogen (secondary N) is 1. The molecule has 258 valence electrons. The fourth-order valence-corrected chi connectivity index (χ4v) is 7.70. The number of thiazole rings is 1. The van der Waals surface area contributed by atoms with Crippen LogP contribution in [0.3, 0.4) is 0 Å². The number of aliphatic hydroxyl groups is 1. The molecule has 0 saturated carbocycles. The molecular formula is C34H44N6O7S. The van der Waals surface area contributed by atoms with Gasteiger partial charge in [0, 0.05) is 38.7 Å². The van der Waals surface area contributed by atoms with E-state index in [1.165, 1.54) is 9.80 Å². The van der Waals surface area contributed by atoms with E-state index in [1.54, 1.807) is 17.4 Å². The molecule has 0 radical (unpaired) electrons. The summed E-state index contributed by atoms with van der Waals surface area (Å²) in [5.74, 6) is -0.516. The van der Waals surface area contributed by atoms with Crippen molar-refractivity contribution in [2.45, 2.75) is 89.8 Å². The zero-order valence-corrected chi connectivity index (χ0v) is 28.6. The Bertz CT molecular complexity index is 1600. The Balaban J connectivity index is 1.08. The predicted octanol–water partition coefficient (Wildman–Crippen LogP) is 4.38. The van der Waals surface area contributed by atoms with Crippen molar-refractivity contribution in [3.8, 4) is 10.4 Å². The number of hydrogen-bond donors (Lipinski definition) is 3. The Morgan fingerprint density at radius 3 is 2.50 bits per heavy atom. The molecule has 3 fully saturated rings. The van der Waals surface area contributed by atoms with Crippen LogP contribution in [0.15, 0.2) is 40.4 Å². The lowest BCUT2D eigenvalue weighted by molar-refractivity contribution is -0.141. The van der Waals surface area contributed by atoms with Crippen molar-refractivity contribution in [3.05, 3.63) is 52.9 Å². The number of anilines is 1. The highest BCUT2D eigenvalue weighted by Gasteiger charge is 2.44. The smallest absolute Gasteiger partial charge is 0.409 e. The highest BCUT2D eigenvalue weighted by atomic mass is 32.1. The molecule has 2 unspecified atom stereocenters. The van der Waals surface area contributed by atoms with E-state index in [2.05, 4.69) is 15.5 Å². The van der Waals surface area contributed by atoms with Gasteiger partial charge in [-0.3, -0.25) is 14.5 Å². The number of nitrogens with zero attached hydrogens (tertiary/aromatic N) is 5. The first kappa shape index (κ1) is 33.9. The van der Waals surface area contributed by atoms with Crippen LogP contribution < -0.4 is 10.2 Å². The number of aryl methyl sites for hydroxylation is 1. The third kappa shape index (κ3) is 7.06. The van der Waals surface area contributed by atoms with E-state index in [1.807, 2.05) is 62.4 Å². The summed E-state index contributed by atoms with van der Waals surface area (Å²) in [4.78, 5) is 49.5. The summed E-state index contributed by atoms with van der Waals surface area (Å²) in [7, 11) is 0. The standard InChI is InChI=1S/C34H44N6O7S/c1-19(2)30(27-14-28(37-47-27)38-16-25(17-38)46-29-7-5-6-12-39(29)34(44)45)33(43)40-15-24(41)13-26(40)32(42)36-20(3)22-8-10-23(11-9-22)31-21(4)35-18-48-31/h8-11,14,18-20,24-26,29-30,41H,5-7,12-13,15-17H2,1-4H3,(H,36,42)(H,44,45)/t20-,24+,26-,29?,30?/m0/s1. The van der Waals surface area contributed by atoms with Crippen LogP contribution in [0, 0.1) is 12.8 Å². The van der Waals surface area contributed by atoms with Gasteiger partial charge in [-0.1, -0.05) is 43.3 Å². The number of benzene rings is 1. The third-order valence-corrected chi connectivity index (χ3v) is 10.6. The van der Waals surface area contributed by atoms with E-state index in [-0.39, 0.29) is 42.8 Å². The molecule has 3 aromatic rings. The Hall–Kier alpha value is -4.01. The van der Waals surface area contributed by atoms with Crippen LogP contribution in [0.4, 0.5) is 10.6 Å². The van der Waals surface area contributed by atoms with Gasteiger partial charge >= 0.3 is 6.09 Å². The highest BCUT2D eigenvalue weighted by Crippen LogP contribution is 2.35. The maximum Gasteiger partial charge on any atom is 0.409 e. The van der Waals surface area contributed by atoms with Gasteiger partial charge in [0.05, 0.1) is 34.3 Å². The quantitative estimate of drug-likeness (QED) is 0.280. The van der Waals surface area contributed by atoms with Crippen molar-refractivity contribution < 1.29 is 33.9 Å². The first-order valence-corrected chi connectivity index (χ1v) is 17.5. The van der Waals surface area contributed by atoms with Gasteiger partial charge in [-0.05, 0) is 50.2 Å². The lowest BCUT2D eigenvalue weighted by Crippen LogP contribution is -2.56. The van der Waals surface area contributed by atoms with Crippen LogP contribution in [0.25, 0.3) is 10.4 Å². The van der Waals surface area contributed by atoms with Gasteiger partial charge < -0.3 is 34.6 Å². The molecule has 1 aromatic carbocycles. The summed E-state index contributed by atoms with van der Waals surface area (Å²) >= 11 is 1.59. The van der Waals surface area contributed by atoms with E-state index in [0.29, 0.717) is 37.6 Å². The number of piperidine rings is 1. The molecule has 3 saturated heterocycles. The summed E-state index contributed by atoms with van der Waals surface area (Å²) in [6.07, 6.45) is 0.237. The predicted molar refractivity (Wildman–Crippen MR) is 179 cm³/mol. The molecule has 5 heterocycles. The van der Waals surface area contributed by atoms with Crippen LogP contribution in [0.2, 0.25) is 0 Å². The summed E-state index contributed by atoms with van der Waals surface area (Å²) in [5.41, 5.74) is 4.79. The Kier molecular flexibility index (Phi) is 10.0. The van der Waals surface area contributed by atoms with Crippen molar-refractivity contribution in [2.24, 2.45) is 5.92 Å². The molecular weight excluding hydrogens is 636 g/mol. The van der Waals surface area contributed by atoms with E-state index >= 15 is 0 Å². The molecule has 13 nitrogen and oxygen atoms in total. The maximum absolute atomic E-state index is 14.1. The number of carbonyl (C=O) groups is 3. The first-order valence-electron chi connectivity index (χ1n) is 16.7. The van der Waals surface area contributed by atoms with E-state index in [4.69, 9.17) is 9.26 Å². The number of likely N-dealkylation sites (tertiary alicyclic amines) is 2. The summed E-state index contributed by atoms with van der Waals surface area (Å²) in [6.45, 7) is 9.30. The molecule has 48 heavy (non-hydrogen) atoms. The number of aromatic nitrogens is 2. The van der Waals surface area contributed by atoms with Gasteiger partial charge in [-0.25, -0.2) is 9.78 Å². The van der Waals surface area contributed by atoms with Crippen molar-refractivity contribution in [1.82, 2.24) is 25.3 Å². The van der Waals surface area contributed by atoms with Gasteiger partial charge in [-0.15, -0.1) is 11.3 Å². The molecule has 3 N–H and O–H groups in total. The normalized spacial score (nSPS) is 22.9. The minimum absolute atomic E-state index is 0.0537. The zero-order chi connectivity index (χ0) is 34.1. The van der Waals surface area contributed by atoms with Gasteiger partial charge in [0.25, 0.3) is 0 Å². The highest BCUT2D eigenvalue weighted by molar-refractivity contribution is 7.13. The summed E-state index contributed by atoms with van der Waals surface area (Å²) in [5, 5.41) is 27.4. The topological polar surface area (TPSA) is 162 Å². The van der Waals surface area contributed by atoms with Crippen molar-refractivity contribution in [1.29, 1.82) is 0 Å². The monoisotopic (exact) mass is 680 g/mol. The molecule has 6 rings (SSSR count).